The largest absolute Gasteiger partial charge is 0.342 e. The van der Waals surface area contributed by atoms with Crippen LogP contribution in [0.1, 0.15) is 25.8 Å². The first kappa shape index (κ1) is 19.7. The smallest absolute Gasteiger partial charge is 0.245 e. The number of hydrogen-bond donors (Lipinski definition) is 3. The van der Waals surface area contributed by atoms with Gasteiger partial charge in [-0.2, -0.15) is 0 Å². The molecule has 0 spiro atoms. The second-order valence-corrected chi connectivity index (χ2v) is 6.81. The Bertz CT molecular complexity index is 729. The molecule has 2 aromatic rings. The van der Waals surface area contributed by atoms with Crippen LogP contribution in [-0.2, 0) is 4.79 Å². The molecule has 0 bridgehead atoms. The van der Waals surface area contributed by atoms with Crippen LogP contribution in [0, 0.1) is 5.92 Å². The third-order valence-electron chi connectivity index (χ3n) is 3.59. The van der Waals surface area contributed by atoms with Crippen molar-refractivity contribution in [1.29, 1.82) is 0 Å². The molecule has 0 aromatic heterocycles. The monoisotopic (exact) mass is 367 g/mol. The van der Waals surface area contributed by atoms with Gasteiger partial charge >= 0.3 is 0 Å². The van der Waals surface area contributed by atoms with Gasteiger partial charge in [-0.25, -0.2) is 0 Å². The molecule has 0 saturated heterocycles. The van der Waals surface area contributed by atoms with E-state index in [4.69, 9.17) is 12.2 Å². The number of amides is 1. The second kappa shape index (κ2) is 10.4. The maximum atomic E-state index is 12.2. The van der Waals surface area contributed by atoms with E-state index in [1.54, 1.807) is 6.08 Å². The highest BCUT2D eigenvalue weighted by atomic mass is 32.1. The third kappa shape index (κ3) is 7.49. The summed E-state index contributed by atoms with van der Waals surface area (Å²) < 4.78 is 0. The van der Waals surface area contributed by atoms with Crippen LogP contribution in [0.5, 0.6) is 0 Å². The van der Waals surface area contributed by atoms with E-state index < -0.39 is 0 Å². The fourth-order valence-corrected chi connectivity index (χ4v) is 2.69. The van der Waals surface area contributed by atoms with Crippen LogP contribution in [0.3, 0.4) is 0 Å². The van der Waals surface area contributed by atoms with Crippen molar-refractivity contribution in [2.75, 3.05) is 5.32 Å². The lowest BCUT2D eigenvalue weighted by Gasteiger charge is -2.23. The fraction of sp³-hybridized carbons (Fsp3) is 0.238. The summed E-state index contributed by atoms with van der Waals surface area (Å²) in [4.78, 5) is 12.2. The van der Waals surface area contributed by atoms with Gasteiger partial charge in [0.05, 0.1) is 0 Å². The van der Waals surface area contributed by atoms with E-state index in [0.29, 0.717) is 11.0 Å². The van der Waals surface area contributed by atoms with Crippen LogP contribution >= 0.6 is 12.2 Å². The van der Waals surface area contributed by atoms with Gasteiger partial charge in [-0.1, -0.05) is 62.4 Å². The lowest BCUT2D eigenvalue weighted by Crippen LogP contribution is -2.49. The first-order chi connectivity index (χ1) is 12.5. The molecule has 0 aliphatic heterocycles. The number of anilines is 1. The van der Waals surface area contributed by atoms with E-state index >= 15 is 0 Å². The lowest BCUT2D eigenvalue weighted by atomic mass is 10.1. The summed E-state index contributed by atoms with van der Waals surface area (Å²) in [6.45, 7) is 4.21. The van der Waals surface area contributed by atoms with Crippen LogP contribution in [0.15, 0.2) is 66.7 Å². The minimum Gasteiger partial charge on any atom is -0.342 e. The molecule has 3 N–H and O–H groups in total. The molecule has 4 nitrogen and oxygen atoms in total. The molecule has 0 radical (unpaired) electrons. The number of hydrogen-bond acceptors (Lipinski definition) is 2. The van der Waals surface area contributed by atoms with Crippen LogP contribution in [0.25, 0.3) is 6.08 Å². The fourth-order valence-electron chi connectivity index (χ4n) is 2.43. The minimum absolute atomic E-state index is 0.158. The summed E-state index contributed by atoms with van der Waals surface area (Å²) in [6.07, 6.45) is 3.86. The summed E-state index contributed by atoms with van der Waals surface area (Å²) in [5.74, 6) is 0.250. The van der Waals surface area contributed by atoms with E-state index in [-0.39, 0.29) is 12.1 Å². The Labute approximate surface area is 160 Å². The Morgan fingerprint density at radius 3 is 2.23 bits per heavy atom. The maximum Gasteiger partial charge on any atom is 0.245 e. The molecule has 0 heterocycles. The molecule has 0 aliphatic rings. The summed E-state index contributed by atoms with van der Waals surface area (Å²) in [7, 11) is 0. The molecule has 2 aromatic carbocycles. The normalized spacial score (nSPS) is 12.0. The van der Waals surface area contributed by atoms with Crippen molar-refractivity contribution in [1.82, 2.24) is 10.6 Å². The summed E-state index contributed by atoms with van der Waals surface area (Å²) in [5, 5.41) is 9.76. The first-order valence-electron chi connectivity index (χ1n) is 8.69. The van der Waals surface area contributed by atoms with Crippen molar-refractivity contribution < 1.29 is 4.79 Å². The number of thiocarbonyl (C=S) groups is 1. The number of benzene rings is 2. The number of carbonyl (C=O) groups is 1. The Hall–Kier alpha value is -2.66. The van der Waals surface area contributed by atoms with Gasteiger partial charge in [0.15, 0.2) is 5.11 Å². The first-order valence-corrected chi connectivity index (χ1v) is 9.10. The van der Waals surface area contributed by atoms with Gasteiger partial charge in [0.2, 0.25) is 5.91 Å². The molecule has 0 saturated carbocycles. The van der Waals surface area contributed by atoms with E-state index in [1.807, 2.05) is 60.7 Å². The molecule has 1 atom stereocenters. The van der Waals surface area contributed by atoms with Crippen LogP contribution in [-0.4, -0.2) is 17.2 Å². The Balaban J connectivity index is 1.92. The van der Waals surface area contributed by atoms with Crippen LogP contribution < -0.4 is 16.0 Å². The van der Waals surface area contributed by atoms with Crippen molar-refractivity contribution >= 4 is 35.0 Å². The van der Waals surface area contributed by atoms with Crippen molar-refractivity contribution in [2.45, 2.75) is 26.4 Å². The van der Waals surface area contributed by atoms with E-state index in [1.165, 1.54) is 6.08 Å². The molecule has 26 heavy (non-hydrogen) atoms. The number of para-hydroxylation sites is 1. The SMILES string of the molecule is CC(C)CC(NC(=O)/C=C/c1ccccc1)NC(=S)Nc1ccccc1. The average Bonchev–Trinajstić information content (AvgIpc) is 2.61. The molecule has 136 valence electrons. The van der Waals surface area contributed by atoms with Gasteiger partial charge in [0, 0.05) is 11.8 Å². The van der Waals surface area contributed by atoms with Crippen molar-refractivity contribution in [3.05, 3.63) is 72.3 Å². The van der Waals surface area contributed by atoms with Crippen LogP contribution in [0.4, 0.5) is 5.69 Å². The van der Waals surface area contributed by atoms with Crippen molar-refractivity contribution in [2.24, 2.45) is 5.92 Å². The highest BCUT2D eigenvalue weighted by Crippen LogP contribution is 2.07. The zero-order chi connectivity index (χ0) is 18.8. The van der Waals surface area contributed by atoms with Gasteiger partial charge in [-0.05, 0) is 48.3 Å². The molecular formula is C21H25N3OS. The molecular weight excluding hydrogens is 342 g/mol. The van der Waals surface area contributed by atoms with Gasteiger partial charge in [0.25, 0.3) is 0 Å². The summed E-state index contributed by atoms with van der Waals surface area (Å²) in [6, 6.07) is 19.4. The summed E-state index contributed by atoms with van der Waals surface area (Å²) >= 11 is 5.37. The lowest BCUT2D eigenvalue weighted by molar-refractivity contribution is -0.117. The third-order valence-corrected chi connectivity index (χ3v) is 3.81. The molecule has 5 heteroatoms. The predicted octanol–water partition coefficient (Wildman–Crippen LogP) is 4.17. The highest BCUT2D eigenvalue weighted by Gasteiger charge is 2.14. The molecule has 1 unspecified atom stereocenters. The molecule has 0 fully saturated rings. The van der Waals surface area contributed by atoms with Gasteiger partial charge in [-0.15, -0.1) is 0 Å². The molecule has 1 amide bonds. The van der Waals surface area contributed by atoms with Gasteiger partial charge in [-0.3, -0.25) is 4.79 Å². The maximum absolute atomic E-state index is 12.2. The van der Waals surface area contributed by atoms with Crippen molar-refractivity contribution in [3.63, 3.8) is 0 Å². The Kier molecular flexibility index (Phi) is 7.83. The minimum atomic E-state index is -0.244. The van der Waals surface area contributed by atoms with E-state index in [9.17, 15) is 4.79 Å². The van der Waals surface area contributed by atoms with Gasteiger partial charge < -0.3 is 16.0 Å². The zero-order valence-electron chi connectivity index (χ0n) is 15.1. The average molecular weight is 368 g/mol. The zero-order valence-corrected chi connectivity index (χ0v) is 15.9. The quantitative estimate of drug-likeness (QED) is 0.390. The molecule has 0 aliphatic carbocycles. The standard InChI is InChI=1S/C21H25N3OS/c1-16(2)15-19(24-21(26)22-18-11-7-4-8-12-18)23-20(25)14-13-17-9-5-3-6-10-17/h3-14,16,19H,15H2,1-2H3,(H,23,25)(H2,22,24,26)/b14-13+. The molecule has 2 rings (SSSR count). The van der Waals surface area contributed by atoms with E-state index in [2.05, 4.69) is 29.8 Å². The number of rotatable bonds is 7. The topological polar surface area (TPSA) is 53.2 Å². The number of nitrogens with one attached hydrogen (secondary N) is 3. The van der Waals surface area contributed by atoms with Crippen molar-refractivity contribution in [3.8, 4) is 0 Å². The van der Waals surface area contributed by atoms with Crippen LogP contribution in [0.2, 0.25) is 0 Å². The summed E-state index contributed by atoms with van der Waals surface area (Å²) in [5.41, 5.74) is 1.89. The highest BCUT2D eigenvalue weighted by molar-refractivity contribution is 7.80. The number of carbonyl (C=O) groups excluding carboxylic acids is 1. The predicted molar refractivity (Wildman–Crippen MR) is 113 cm³/mol. The Morgan fingerprint density at radius 1 is 1.00 bits per heavy atom. The van der Waals surface area contributed by atoms with E-state index in [0.717, 1.165) is 17.7 Å². The van der Waals surface area contributed by atoms with Gasteiger partial charge in [0.1, 0.15) is 6.17 Å². The second-order valence-electron chi connectivity index (χ2n) is 6.40. The Morgan fingerprint density at radius 2 is 1.62 bits per heavy atom.